The van der Waals surface area contributed by atoms with Crippen molar-refractivity contribution in [1.82, 2.24) is 0 Å². The van der Waals surface area contributed by atoms with Gasteiger partial charge < -0.3 is 0 Å². The maximum atomic E-state index is 3.97. The molecule has 52 valence electrons. The SMILES string of the molecule is CC.CC1C=N[N+](C)=C1. The molecule has 0 radical (unpaired) electrons. The van der Waals surface area contributed by atoms with Gasteiger partial charge in [0.05, 0.1) is 12.1 Å². The highest BCUT2D eigenvalue weighted by Gasteiger charge is 2.06. The molecule has 0 spiro atoms. The number of hydrazone groups is 1. The summed E-state index contributed by atoms with van der Waals surface area (Å²) in [5, 5.41) is 3.97. The predicted molar refractivity (Wildman–Crippen MR) is 41.3 cm³/mol. The molecule has 0 fully saturated rings. The normalized spacial score (nSPS) is 22.7. The summed E-state index contributed by atoms with van der Waals surface area (Å²) in [6.45, 7) is 6.10. The molecule has 1 atom stereocenters. The zero-order valence-corrected chi connectivity index (χ0v) is 6.63. The van der Waals surface area contributed by atoms with Crippen molar-refractivity contribution in [1.29, 1.82) is 0 Å². The van der Waals surface area contributed by atoms with Crippen molar-refractivity contribution in [2.45, 2.75) is 20.8 Å². The first-order chi connectivity index (χ1) is 4.29. The largest absolute Gasteiger partial charge is 0.180 e. The Morgan fingerprint density at radius 2 is 2.00 bits per heavy atom. The van der Waals surface area contributed by atoms with Crippen LogP contribution >= 0.6 is 0 Å². The molecule has 1 heterocycles. The number of rotatable bonds is 0. The molecule has 0 amide bonds. The summed E-state index contributed by atoms with van der Waals surface area (Å²) in [6, 6.07) is 0. The lowest BCUT2D eigenvalue weighted by Gasteiger charge is -1.74. The van der Waals surface area contributed by atoms with Crippen molar-refractivity contribution in [3.05, 3.63) is 0 Å². The Kier molecular flexibility index (Phi) is 3.93. The van der Waals surface area contributed by atoms with E-state index in [1.54, 1.807) is 0 Å². The molecular weight excluding hydrogens is 112 g/mol. The lowest BCUT2D eigenvalue weighted by molar-refractivity contribution is -0.494. The molecule has 0 aromatic rings. The molecule has 2 heteroatoms. The summed E-state index contributed by atoms with van der Waals surface area (Å²) in [5.41, 5.74) is 0. The molecule has 1 unspecified atom stereocenters. The summed E-state index contributed by atoms with van der Waals surface area (Å²) >= 11 is 0. The average molecular weight is 127 g/mol. The minimum atomic E-state index is 0.532. The van der Waals surface area contributed by atoms with Crippen LogP contribution in [0.15, 0.2) is 5.10 Å². The van der Waals surface area contributed by atoms with Gasteiger partial charge in [-0.2, -0.15) is 0 Å². The third-order valence-corrected chi connectivity index (χ3v) is 0.935. The maximum absolute atomic E-state index is 3.97. The molecule has 0 aromatic carbocycles. The molecule has 2 nitrogen and oxygen atoms in total. The van der Waals surface area contributed by atoms with E-state index in [1.165, 1.54) is 0 Å². The first-order valence-electron chi connectivity index (χ1n) is 3.41. The van der Waals surface area contributed by atoms with Gasteiger partial charge in [-0.05, 0) is 12.0 Å². The first-order valence-corrected chi connectivity index (χ1v) is 3.41. The highest BCUT2D eigenvalue weighted by Crippen LogP contribution is 1.90. The molecule has 9 heavy (non-hydrogen) atoms. The fraction of sp³-hybridized carbons (Fsp3) is 0.714. The fourth-order valence-electron chi connectivity index (χ4n) is 0.628. The van der Waals surface area contributed by atoms with Crippen LogP contribution in [-0.4, -0.2) is 24.2 Å². The van der Waals surface area contributed by atoms with E-state index in [0.29, 0.717) is 5.92 Å². The van der Waals surface area contributed by atoms with Crippen molar-refractivity contribution in [3.63, 3.8) is 0 Å². The Morgan fingerprint density at radius 1 is 1.44 bits per heavy atom. The van der Waals surface area contributed by atoms with Crippen LogP contribution in [0.25, 0.3) is 0 Å². The molecule has 0 bridgehead atoms. The lowest BCUT2D eigenvalue weighted by atomic mass is 10.2. The van der Waals surface area contributed by atoms with Crippen LogP contribution in [-0.2, 0) is 0 Å². The van der Waals surface area contributed by atoms with Gasteiger partial charge in [0.2, 0.25) is 0 Å². The fourth-order valence-corrected chi connectivity index (χ4v) is 0.628. The lowest BCUT2D eigenvalue weighted by Crippen LogP contribution is -1.95. The van der Waals surface area contributed by atoms with Gasteiger partial charge in [-0.25, -0.2) is 0 Å². The molecule has 1 aliphatic heterocycles. The molecule has 0 saturated carbocycles. The monoisotopic (exact) mass is 127 g/mol. The van der Waals surface area contributed by atoms with E-state index in [9.17, 15) is 0 Å². The summed E-state index contributed by atoms with van der Waals surface area (Å²) in [4.78, 5) is 0. The van der Waals surface area contributed by atoms with Crippen LogP contribution < -0.4 is 0 Å². The molecule has 1 aliphatic rings. The van der Waals surface area contributed by atoms with E-state index in [2.05, 4.69) is 18.2 Å². The van der Waals surface area contributed by atoms with Crippen molar-refractivity contribution in [2.75, 3.05) is 7.05 Å². The van der Waals surface area contributed by atoms with Gasteiger partial charge in [0.25, 0.3) is 0 Å². The Morgan fingerprint density at radius 3 is 2.11 bits per heavy atom. The van der Waals surface area contributed by atoms with E-state index in [4.69, 9.17) is 0 Å². The van der Waals surface area contributed by atoms with Crippen LogP contribution in [0, 0.1) is 5.92 Å². The summed E-state index contributed by atoms with van der Waals surface area (Å²) in [6.07, 6.45) is 3.97. The van der Waals surface area contributed by atoms with E-state index in [1.807, 2.05) is 31.8 Å². The van der Waals surface area contributed by atoms with Crippen LogP contribution in [0.2, 0.25) is 0 Å². The van der Waals surface area contributed by atoms with E-state index < -0.39 is 0 Å². The smallest absolute Gasteiger partial charge is 0.0977 e. The van der Waals surface area contributed by atoms with Gasteiger partial charge in [-0.3, -0.25) is 0 Å². The van der Waals surface area contributed by atoms with Crippen LogP contribution in [0.1, 0.15) is 20.8 Å². The molecule has 0 N–H and O–H groups in total. The first kappa shape index (κ1) is 8.34. The minimum absolute atomic E-state index is 0.532. The quantitative estimate of drug-likeness (QED) is 0.437. The highest BCUT2D eigenvalue weighted by molar-refractivity contribution is 5.82. The maximum Gasteiger partial charge on any atom is 0.180 e. The molecular formula is C7H15N2+. The average Bonchev–Trinajstić information content (AvgIpc) is 2.20. The van der Waals surface area contributed by atoms with Gasteiger partial charge in [0, 0.05) is 0 Å². The standard InChI is InChI=1S/C5H9N2.C2H6/c1-5-3-6-7(2)4-5;1-2/h3-5H,1-2H3;1-2H3/q+1;. The topological polar surface area (TPSA) is 15.4 Å². The van der Waals surface area contributed by atoms with Crippen LogP contribution in [0.3, 0.4) is 0 Å². The van der Waals surface area contributed by atoms with Gasteiger partial charge in [0.1, 0.15) is 0 Å². The second-order valence-corrected chi connectivity index (χ2v) is 1.85. The van der Waals surface area contributed by atoms with Crippen molar-refractivity contribution in [2.24, 2.45) is 11.0 Å². The third kappa shape index (κ3) is 3.01. The Labute approximate surface area is 56.9 Å². The molecule has 1 rings (SSSR count). The number of hydrogen-bond donors (Lipinski definition) is 0. The van der Waals surface area contributed by atoms with E-state index >= 15 is 0 Å². The zero-order valence-electron chi connectivity index (χ0n) is 6.63. The molecule has 0 aliphatic carbocycles. The van der Waals surface area contributed by atoms with Crippen LogP contribution in [0.4, 0.5) is 0 Å². The minimum Gasteiger partial charge on any atom is -0.0977 e. The number of hydrogen-bond acceptors (Lipinski definition) is 1. The second kappa shape index (κ2) is 4.24. The van der Waals surface area contributed by atoms with E-state index in [0.717, 1.165) is 0 Å². The van der Waals surface area contributed by atoms with E-state index in [-0.39, 0.29) is 0 Å². The zero-order chi connectivity index (χ0) is 7.28. The summed E-state index contributed by atoms with van der Waals surface area (Å²) in [7, 11) is 1.93. The molecule has 0 saturated heterocycles. The summed E-state index contributed by atoms with van der Waals surface area (Å²) in [5.74, 6) is 0.532. The Hall–Kier alpha value is -0.660. The van der Waals surface area contributed by atoms with Crippen molar-refractivity contribution in [3.8, 4) is 0 Å². The summed E-state index contributed by atoms with van der Waals surface area (Å²) < 4.78 is 1.82. The Bertz CT molecular complexity index is 125. The van der Waals surface area contributed by atoms with Crippen molar-refractivity contribution < 1.29 is 4.68 Å². The van der Waals surface area contributed by atoms with Gasteiger partial charge in [-0.1, -0.05) is 18.5 Å². The van der Waals surface area contributed by atoms with Crippen LogP contribution in [0.5, 0.6) is 0 Å². The predicted octanol–water partition coefficient (Wildman–Crippen LogP) is 1.36. The Balaban J connectivity index is 0.000000291. The van der Waals surface area contributed by atoms with Gasteiger partial charge in [-0.15, -0.1) is 0 Å². The van der Waals surface area contributed by atoms with Gasteiger partial charge >= 0.3 is 0 Å². The van der Waals surface area contributed by atoms with Gasteiger partial charge in [0.15, 0.2) is 13.3 Å². The van der Waals surface area contributed by atoms with Crippen molar-refractivity contribution >= 4 is 12.4 Å². The highest BCUT2D eigenvalue weighted by atomic mass is 15.4. The number of nitrogens with zero attached hydrogens (tertiary/aromatic N) is 2. The second-order valence-electron chi connectivity index (χ2n) is 1.85. The third-order valence-electron chi connectivity index (χ3n) is 0.935. The molecule has 0 aromatic heterocycles.